The Labute approximate surface area is 188 Å². The highest BCUT2D eigenvalue weighted by Crippen LogP contribution is 2.32. The molecule has 0 radical (unpaired) electrons. The topological polar surface area (TPSA) is 85.1 Å². The number of hydrogen-bond acceptors (Lipinski definition) is 6. The van der Waals surface area contributed by atoms with Crippen molar-refractivity contribution >= 4 is 23.2 Å². The third-order valence-electron chi connectivity index (χ3n) is 6.48. The quantitative estimate of drug-likeness (QED) is 0.587. The van der Waals surface area contributed by atoms with Gasteiger partial charge in [-0.25, -0.2) is 14.4 Å². The molecule has 2 aliphatic rings. The fourth-order valence-corrected chi connectivity index (χ4v) is 4.44. The fourth-order valence-electron chi connectivity index (χ4n) is 4.24. The molecule has 1 aliphatic heterocycles. The molecule has 0 bridgehead atoms. The molecule has 0 amide bonds. The van der Waals surface area contributed by atoms with Crippen LogP contribution in [0.15, 0.2) is 24.4 Å². The molecule has 31 heavy (non-hydrogen) atoms. The zero-order valence-electron chi connectivity index (χ0n) is 18.0. The number of ether oxygens (including phenoxy) is 1. The van der Waals surface area contributed by atoms with Crippen molar-refractivity contribution in [2.45, 2.75) is 57.5 Å². The normalized spacial score (nSPS) is 23.4. The largest absolute Gasteiger partial charge is 0.381 e. The van der Waals surface area contributed by atoms with E-state index in [1.807, 2.05) is 6.07 Å². The molecule has 1 aliphatic carbocycles. The summed E-state index contributed by atoms with van der Waals surface area (Å²) in [5.41, 5.74) is 7.41. The van der Waals surface area contributed by atoms with Gasteiger partial charge in [-0.1, -0.05) is 18.5 Å². The van der Waals surface area contributed by atoms with Crippen molar-refractivity contribution in [3.8, 4) is 11.3 Å². The van der Waals surface area contributed by atoms with E-state index in [0.29, 0.717) is 29.3 Å². The van der Waals surface area contributed by atoms with E-state index >= 15 is 0 Å². The van der Waals surface area contributed by atoms with Crippen molar-refractivity contribution in [2.75, 3.05) is 30.4 Å². The Morgan fingerprint density at radius 2 is 1.97 bits per heavy atom. The van der Waals surface area contributed by atoms with Crippen molar-refractivity contribution in [1.82, 2.24) is 9.97 Å². The van der Waals surface area contributed by atoms with Crippen molar-refractivity contribution in [2.24, 2.45) is 11.1 Å². The molecule has 8 heteroatoms. The van der Waals surface area contributed by atoms with Crippen LogP contribution in [0, 0.1) is 11.2 Å². The van der Waals surface area contributed by atoms with Gasteiger partial charge in [0.1, 0.15) is 5.82 Å². The maximum absolute atomic E-state index is 14.5. The maximum atomic E-state index is 14.5. The smallest absolute Gasteiger partial charge is 0.165 e. The zero-order valence-corrected chi connectivity index (χ0v) is 18.7. The molecule has 6 nitrogen and oxygen atoms in total. The number of nitrogens with zero attached hydrogens (tertiary/aromatic N) is 2. The van der Waals surface area contributed by atoms with Crippen molar-refractivity contribution in [3.05, 3.63) is 35.2 Å². The SMILES string of the molecule is CC1(CNc2nc(-c3cc(NC4CCC(N)CC4)ncc3Cl)ccc2F)CCOCC1. The highest BCUT2D eigenvalue weighted by molar-refractivity contribution is 6.33. The first-order valence-electron chi connectivity index (χ1n) is 11.1. The van der Waals surface area contributed by atoms with Gasteiger partial charge < -0.3 is 21.1 Å². The van der Waals surface area contributed by atoms with Crippen LogP contribution < -0.4 is 16.4 Å². The third kappa shape index (κ3) is 5.64. The number of aromatic nitrogens is 2. The lowest BCUT2D eigenvalue weighted by atomic mass is 9.82. The van der Waals surface area contributed by atoms with Crippen LogP contribution in [0.25, 0.3) is 11.3 Å². The van der Waals surface area contributed by atoms with Gasteiger partial charge in [-0.2, -0.15) is 0 Å². The van der Waals surface area contributed by atoms with Gasteiger partial charge in [0.05, 0.1) is 10.7 Å². The molecule has 0 aromatic carbocycles. The lowest BCUT2D eigenvalue weighted by Gasteiger charge is -2.33. The van der Waals surface area contributed by atoms with E-state index < -0.39 is 0 Å². The minimum atomic E-state index is -0.374. The molecule has 168 valence electrons. The van der Waals surface area contributed by atoms with Crippen LogP contribution in [0.4, 0.5) is 16.0 Å². The van der Waals surface area contributed by atoms with E-state index in [9.17, 15) is 4.39 Å². The van der Waals surface area contributed by atoms with E-state index in [1.54, 1.807) is 12.3 Å². The second kappa shape index (κ2) is 9.67. The summed E-state index contributed by atoms with van der Waals surface area (Å²) in [7, 11) is 0. The monoisotopic (exact) mass is 447 g/mol. The Balaban J connectivity index is 1.50. The summed E-state index contributed by atoms with van der Waals surface area (Å²) < 4.78 is 19.9. The lowest BCUT2D eigenvalue weighted by molar-refractivity contribution is 0.0299. The Bertz CT molecular complexity index is 898. The summed E-state index contributed by atoms with van der Waals surface area (Å²) in [6, 6.07) is 5.62. The van der Waals surface area contributed by atoms with Gasteiger partial charge in [0, 0.05) is 43.6 Å². The lowest BCUT2D eigenvalue weighted by Crippen LogP contribution is -2.33. The second-order valence-electron chi connectivity index (χ2n) is 9.11. The van der Waals surface area contributed by atoms with E-state index in [-0.39, 0.29) is 17.1 Å². The maximum Gasteiger partial charge on any atom is 0.165 e. The first-order valence-corrected chi connectivity index (χ1v) is 11.5. The predicted molar refractivity (Wildman–Crippen MR) is 123 cm³/mol. The molecule has 1 saturated carbocycles. The summed E-state index contributed by atoms with van der Waals surface area (Å²) in [4.78, 5) is 8.96. The highest BCUT2D eigenvalue weighted by Gasteiger charge is 2.27. The number of nitrogens with one attached hydrogen (secondary N) is 2. The fraction of sp³-hybridized carbons (Fsp3) is 0.565. The molecule has 4 rings (SSSR count). The molecule has 0 spiro atoms. The van der Waals surface area contributed by atoms with Gasteiger partial charge >= 0.3 is 0 Å². The van der Waals surface area contributed by atoms with Gasteiger partial charge in [-0.05, 0) is 62.1 Å². The Morgan fingerprint density at radius 1 is 1.23 bits per heavy atom. The first-order chi connectivity index (χ1) is 14.9. The van der Waals surface area contributed by atoms with Crippen LogP contribution in [0.2, 0.25) is 5.02 Å². The van der Waals surface area contributed by atoms with Crippen LogP contribution >= 0.6 is 11.6 Å². The molecule has 2 fully saturated rings. The summed E-state index contributed by atoms with van der Waals surface area (Å²) in [6.45, 7) is 4.32. The second-order valence-corrected chi connectivity index (χ2v) is 9.52. The van der Waals surface area contributed by atoms with Gasteiger partial charge in [-0.3, -0.25) is 0 Å². The van der Waals surface area contributed by atoms with E-state index in [2.05, 4.69) is 27.5 Å². The van der Waals surface area contributed by atoms with Gasteiger partial charge in [0.15, 0.2) is 11.6 Å². The molecule has 2 aromatic rings. The Morgan fingerprint density at radius 3 is 2.71 bits per heavy atom. The summed E-state index contributed by atoms with van der Waals surface area (Å²) in [5, 5.41) is 7.18. The zero-order chi connectivity index (χ0) is 21.8. The van der Waals surface area contributed by atoms with Crippen LogP contribution in [0.5, 0.6) is 0 Å². The number of halogens is 2. The minimum Gasteiger partial charge on any atom is -0.381 e. The molecule has 1 saturated heterocycles. The van der Waals surface area contributed by atoms with Gasteiger partial charge in [0.25, 0.3) is 0 Å². The molecular formula is C23H31ClFN5O. The first kappa shape index (κ1) is 22.2. The van der Waals surface area contributed by atoms with Crippen molar-refractivity contribution in [1.29, 1.82) is 0 Å². The van der Waals surface area contributed by atoms with Gasteiger partial charge in [-0.15, -0.1) is 0 Å². The summed E-state index contributed by atoms with van der Waals surface area (Å²) in [5.74, 6) is 0.616. The molecule has 0 unspecified atom stereocenters. The van der Waals surface area contributed by atoms with Crippen LogP contribution in [0.1, 0.15) is 45.4 Å². The van der Waals surface area contributed by atoms with Crippen LogP contribution in [0.3, 0.4) is 0 Å². The molecule has 4 N–H and O–H groups in total. The molecule has 2 aromatic heterocycles. The van der Waals surface area contributed by atoms with Crippen LogP contribution in [-0.2, 0) is 4.74 Å². The summed E-state index contributed by atoms with van der Waals surface area (Å²) in [6.07, 6.45) is 7.57. The van der Waals surface area contributed by atoms with Crippen molar-refractivity contribution < 1.29 is 9.13 Å². The van der Waals surface area contributed by atoms with E-state index in [4.69, 9.17) is 22.1 Å². The number of hydrogen-bond donors (Lipinski definition) is 3. The van der Waals surface area contributed by atoms with Crippen LogP contribution in [-0.4, -0.2) is 41.8 Å². The number of nitrogens with two attached hydrogens (primary N) is 1. The number of pyridine rings is 2. The average molecular weight is 448 g/mol. The third-order valence-corrected chi connectivity index (χ3v) is 6.78. The number of anilines is 2. The van der Waals surface area contributed by atoms with E-state index in [0.717, 1.165) is 63.1 Å². The molecule has 3 heterocycles. The number of rotatable bonds is 6. The average Bonchev–Trinajstić information content (AvgIpc) is 2.77. The standard InChI is InChI=1S/C23H31ClFN5O/c1-23(8-10-31-11-9-23)14-28-22-19(25)6-7-20(30-22)17-12-21(27-13-18(17)24)29-16-4-2-15(26)3-5-16/h6-7,12-13,15-16H,2-5,8-11,14,26H2,1H3,(H,27,29)(H,28,30). The van der Waals surface area contributed by atoms with Crippen molar-refractivity contribution in [3.63, 3.8) is 0 Å². The highest BCUT2D eigenvalue weighted by atomic mass is 35.5. The Hall–Kier alpha value is -1.96. The molecular weight excluding hydrogens is 417 g/mol. The van der Waals surface area contributed by atoms with E-state index in [1.165, 1.54) is 6.07 Å². The minimum absolute atomic E-state index is 0.0658. The summed E-state index contributed by atoms with van der Waals surface area (Å²) >= 11 is 6.43. The molecule has 0 atom stereocenters. The van der Waals surface area contributed by atoms with Gasteiger partial charge in [0.2, 0.25) is 0 Å². The Kier molecular flexibility index (Phi) is 6.94. The predicted octanol–water partition coefficient (Wildman–Crippen LogP) is 4.85.